The summed E-state index contributed by atoms with van der Waals surface area (Å²) in [4.78, 5) is 15.0. The van der Waals surface area contributed by atoms with E-state index in [1.807, 2.05) is 12.1 Å². The average Bonchev–Trinajstić information content (AvgIpc) is 2.77. The van der Waals surface area contributed by atoms with E-state index in [4.69, 9.17) is 4.74 Å². The molecule has 0 radical (unpaired) electrons. The number of nitrogens with zero attached hydrogens (tertiary/aromatic N) is 2. The lowest BCUT2D eigenvalue weighted by Crippen LogP contribution is -2.42. The second-order valence-corrected chi connectivity index (χ2v) is 10.1. The second kappa shape index (κ2) is 11.1. The van der Waals surface area contributed by atoms with Crippen molar-refractivity contribution < 1.29 is 17.9 Å². The van der Waals surface area contributed by atoms with E-state index < -0.39 is 10.0 Å². The molecule has 9 heteroatoms. The van der Waals surface area contributed by atoms with Crippen LogP contribution in [0.25, 0.3) is 0 Å². The molecule has 0 atom stereocenters. The van der Waals surface area contributed by atoms with Crippen molar-refractivity contribution in [3.8, 4) is 0 Å². The monoisotopic (exact) mass is 543 g/mol. The molecule has 3 rings (SSSR count). The van der Waals surface area contributed by atoms with E-state index in [-0.39, 0.29) is 17.3 Å². The quantitative estimate of drug-likeness (QED) is 0.388. The normalized spacial score (nSPS) is 15.0. The molecule has 1 N–H and O–H groups in total. The van der Waals surface area contributed by atoms with Crippen molar-refractivity contribution in [2.45, 2.75) is 11.3 Å². The number of carbonyl (C=O) groups is 1. The van der Waals surface area contributed by atoms with Crippen LogP contribution in [-0.2, 0) is 19.6 Å². The zero-order valence-corrected chi connectivity index (χ0v) is 19.6. The van der Waals surface area contributed by atoms with Crippen molar-refractivity contribution >= 4 is 44.2 Å². The molecule has 1 aliphatic rings. The van der Waals surface area contributed by atoms with Crippen molar-refractivity contribution in [2.75, 3.05) is 50.2 Å². The fourth-order valence-electron chi connectivity index (χ4n) is 3.18. The molecule has 0 aromatic heterocycles. The zero-order chi connectivity index (χ0) is 21.4. The number of amides is 1. The SMILES string of the molecule is O=C(CN(c1ccc(I)cc1)S(=O)(=O)c1ccccc1)NCCCN1CCOCC1. The lowest BCUT2D eigenvalue weighted by molar-refractivity contribution is -0.119. The molecule has 7 nitrogen and oxygen atoms in total. The van der Waals surface area contributed by atoms with Gasteiger partial charge in [-0.15, -0.1) is 0 Å². The molecule has 0 spiro atoms. The summed E-state index contributed by atoms with van der Waals surface area (Å²) >= 11 is 2.16. The highest BCUT2D eigenvalue weighted by Crippen LogP contribution is 2.24. The maximum Gasteiger partial charge on any atom is 0.264 e. The minimum absolute atomic E-state index is 0.156. The topological polar surface area (TPSA) is 79.0 Å². The fourth-order valence-corrected chi connectivity index (χ4v) is 4.99. The highest BCUT2D eigenvalue weighted by Gasteiger charge is 2.27. The molecule has 1 amide bonds. The van der Waals surface area contributed by atoms with E-state index in [2.05, 4.69) is 32.8 Å². The number of rotatable bonds is 9. The summed E-state index contributed by atoms with van der Waals surface area (Å²) in [5.41, 5.74) is 0.461. The third-order valence-electron chi connectivity index (χ3n) is 4.81. The van der Waals surface area contributed by atoms with Crippen LogP contribution in [0.3, 0.4) is 0 Å². The van der Waals surface area contributed by atoms with Crippen LogP contribution < -0.4 is 9.62 Å². The Morgan fingerprint density at radius 1 is 1.07 bits per heavy atom. The molecule has 0 unspecified atom stereocenters. The number of ether oxygens (including phenoxy) is 1. The van der Waals surface area contributed by atoms with Crippen LogP contribution in [0.15, 0.2) is 59.5 Å². The minimum atomic E-state index is -3.86. The lowest BCUT2D eigenvalue weighted by atomic mass is 10.3. The smallest absolute Gasteiger partial charge is 0.264 e. The van der Waals surface area contributed by atoms with Gasteiger partial charge in [-0.05, 0) is 72.0 Å². The van der Waals surface area contributed by atoms with Gasteiger partial charge in [0.15, 0.2) is 0 Å². The third-order valence-corrected chi connectivity index (χ3v) is 7.32. The Labute approximate surface area is 191 Å². The number of nitrogens with one attached hydrogen (secondary N) is 1. The average molecular weight is 543 g/mol. The largest absolute Gasteiger partial charge is 0.379 e. The van der Waals surface area contributed by atoms with Gasteiger partial charge in [-0.1, -0.05) is 18.2 Å². The highest BCUT2D eigenvalue weighted by atomic mass is 127. The van der Waals surface area contributed by atoms with Gasteiger partial charge in [-0.3, -0.25) is 14.0 Å². The highest BCUT2D eigenvalue weighted by molar-refractivity contribution is 14.1. The van der Waals surface area contributed by atoms with Crippen LogP contribution >= 0.6 is 22.6 Å². The lowest BCUT2D eigenvalue weighted by Gasteiger charge is -2.26. The van der Waals surface area contributed by atoms with Gasteiger partial charge in [0.25, 0.3) is 10.0 Å². The van der Waals surface area contributed by atoms with Crippen molar-refractivity contribution in [1.82, 2.24) is 10.2 Å². The number of carbonyl (C=O) groups excluding carboxylic acids is 1. The Bertz CT molecular complexity index is 917. The molecule has 2 aromatic carbocycles. The number of sulfonamides is 1. The Hall–Kier alpha value is -1.69. The van der Waals surface area contributed by atoms with E-state index in [9.17, 15) is 13.2 Å². The molecule has 1 fully saturated rings. The minimum Gasteiger partial charge on any atom is -0.379 e. The van der Waals surface area contributed by atoms with Crippen LogP contribution in [0.1, 0.15) is 6.42 Å². The molecule has 1 heterocycles. The predicted molar refractivity (Wildman–Crippen MR) is 125 cm³/mol. The van der Waals surface area contributed by atoms with Crippen LogP contribution in [0.2, 0.25) is 0 Å². The number of hydrogen-bond acceptors (Lipinski definition) is 5. The summed E-state index contributed by atoms with van der Waals surface area (Å²) < 4.78 is 33.9. The zero-order valence-electron chi connectivity index (χ0n) is 16.7. The summed E-state index contributed by atoms with van der Waals surface area (Å²) in [6.07, 6.45) is 0.806. The first kappa shape index (κ1) is 23.0. The fraction of sp³-hybridized carbons (Fsp3) is 0.381. The maximum absolute atomic E-state index is 13.2. The molecule has 2 aromatic rings. The van der Waals surface area contributed by atoms with Crippen LogP contribution in [0.5, 0.6) is 0 Å². The summed E-state index contributed by atoms with van der Waals surface area (Å²) in [6.45, 7) is 4.42. The number of morpholine rings is 1. The third kappa shape index (κ3) is 6.40. The Morgan fingerprint density at radius 2 is 1.73 bits per heavy atom. The molecule has 1 aliphatic heterocycles. The summed E-state index contributed by atoms with van der Waals surface area (Å²) in [6, 6.07) is 15.3. The van der Waals surface area contributed by atoms with E-state index in [1.165, 1.54) is 12.1 Å². The molecular formula is C21H26IN3O4S. The molecule has 0 saturated carbocycles. The van der Waals surface area contributed by atoms with Gasteiger partial charge in [-0.25, -0.2) is 8.42 Å². The van der Waals surface area contributed by atoms with Gasteiger partial charge in [0.2, 0.25) is 5.91 Å². The van der Waals surface area contributed by atoms with Gasteiger partial charge >= 0.3 is 0 Å². The predicted octanol–water partition coefficient (Wildman–Crippen LogP) is 2.33. The summed E-state index contributed by atoms with van der Waals surface area (Å²) in [7, 11) is -3.86. The van der Waals surface area contributed by atoms with Crippen molar-refractivity contribution in [2.24, 2.45) is 0 Å². The van der Waals surface area contributed by atoms with Crippen molar-refractivity contribution in [3.63, 3.8) is 0 Å². The number of benzene rings is 2. The molecule has 30 heavy (non-hydrogen) atoms. The van der Waals surface area contributed by atoms with Gasteiger partial charge in [0.1, 0.15) is 6.54 Å². The molecule has 1 saturated heterocycles. The van der Waals surface area contributed by atoms with Gasteiger partial charge < -0.3 is 10.1 Å². The van der Waals surface area contributed by atoms with E-state index >= 15 is 0 Å². The second-order valence-electron chi connectivity index (χ2n) is 6.96. The first-order valence-corrected chi connectivity index (χ1v) is 12.4. The Balaban J connectivity index is 1.65. The first-order chi connectivity index (χ1) is 14.5. The number of hydrogen-bond donors (Lipinski definition) is 1. The van der Waals surface area contributed by atoms with E-state index in [1.54, 1.807) is 30.3 Å². The van der Waals surface area contributed by atoms with Crippen LogP contribution in [-0.4, -0.2) is 65.2 Å². The first-order valence-electron chi connectivity index (χ1n) is 9.87. The van der Waals surface area contributed by atoms with E-state index in [0.717, 1.165) is 47.1 Å². The van der Waals surface area contributed by atoms with Gasteiger partial charge in [0, 0.05) is 23.2 Å². The summed E-state index contributed by atoms with van der Waals surface area (Å²) in [5, 5.41) is 2.85. The molecular weight excluding hydrogens is 517 g/mol. The number of halogens is 1. The van der Waals surface area contributed by atoms with Gasteiger partial charge in [-0.2, -0.15) is 0 Å². The van der Waals surface area contributed by atoms with Gasteiger partial charge in [0.05, 0.1) is 23.8 Å². The number of anilines is 1. The van der Waals surface area contributed by atoms with Crippen LogP contribution in [0.4, 0.5) is 5.69 Å². The molecule has 162 valence electrons. The molecule has 0 bridgehead atoms. The Morgan fingerprint density at radius 3 is 2.40 bits per heavy atom. The Kier molecular flexibility index (Phi) is 8.49. The maximum atomic E-state index is 13.2. The standard InChI is InChI=1S/C21H26IN3O4S/c22-18-7-9-19(10-8-18)25(30(27,28)20-5-2-1-3-6-20)17-21(26)23-11-4-12-24-13-15-29-16-14-24/h1-3,5-10H,4,11-17H2,(H,23,26). The summed E-state index contributed by atoms with van der Waals surface area (Å²) in [5.74, 6) is -0.324. The van der Waals surface area contributed by atoms with Crippen LogP contribution in [0, 0.1) is 3.57 Å². The van der Waals surface area contributed by atoms with Crippen molar-refractivity contribution in [1.29, 1.82) is 0 Å². The van der Waals surface area contributed by atoms with Crippen molar-refractivity contribution in [3.05, 3.63) is 58.2 Å². The molecule has 0 aliphatic carbocycles. The van der Waals surface area contributed by atoms with E-state index in [0.29, 0.717) is 12.2 Å².